The van der Waals surface area contributed by atoms with Crippen molar-refractivity contribution in [2.45, 2.75) is 26.8 Å². The van der Waals surface area contributed by atoms with Gasteiger partial charge in [-0.3, -0.25) is 5.84 Å². The number of halogens is 1. The number of nitrogens with two attached hydrogens (primary N) is 1. The van der Waals surface area contributed by atoms with E-state index in [0.29, 0.717) is 5.56 Å². The monoisotopic (exact) mass is 265 g/mol. The summed E-state index contributed by atoms with van der Waals surface area (Å²) in [6, 6.07) is 4.68. The van der Waals surface area contributed by atoms with Crippen LogP contribution in [-0.2, 0) is 0 Å². The Morgan fingerprint density at radius 1 is 1.33 bits per heavy atom. The third-order valence-electron chi connectivity index (χ3n) is 2.83. The predicted octanol–water partition coefficient (Wildman–Crippen LogP) is 2.76. The third-order valence-corrected chi connectivity index (χ3v) is 3.97. The summed E-state index contributed by atoms with van der Waals surface area (Å²) in [6.45, 7) is 5.78. The van der Waals surface area contributed by atoms with Gasteiger partial charge >= 0.3 is 0 Å². The molecule has 0 radical (unpaired) electrons. The van der Waals surface area contributed by atoms with Crippen LogP contribution in [0.5, 0.6) is 0 Å². The number of nitrogens with one attached hydrogen (secondary N) is 1. The van der Waals surface area contributed by atoms with Crippen molar-refractivity contribution in [2.75, 3.05) is 0 Å². The summed E-state index contributed by atoms with van der Waals surface area (Å²) in [6.07, 6.45) is 0. The number of aryl methyl sites for hydroxylation is 3. The molecule has 96 valence electrons. The summed E-state index contributed by atoms with van der Waals surface area (Å²) >= 11 is 1.54. The molecule has 0 amide bonds. The third kappa shape index (κ3) is 2.43. The molecule has 0 saturated carbocycles. The number of aromatic nitrogens is 1. The van der Waals surface area contributed by atoms with Gasteiger partial charge in [0.2, 0.25) is 0 Å². The van der Waals surface area contributed by atoms with E-state index in [1.54, 1.807) is 6.07 Å². The SMILES string of the molecule is Cc1ccc(F)c(C(NN)c2sc(C)nc2C)c1. The van der Waals surface area contributed by atoms with Crippen molar-refractivity contribution in [3.8, 4) is 0 Å². The average Bonchev–Trinajstić information content (AvgIpc) is 2.64. The van der Waals surface area contributed by atoms with Crippen LogP contribution in [0, 0.1) is 26.6 Å². The molecule has 0 aliphatic carbocycles. The molecule has 0 aliphatic heterocycles. The average molecular weight is 265 g/mol. The van der Waals surface area contributed by atoms with Crippen LogP contribution in [0.15, 0.2) is 18.2 Å². The van der Waals surface area contributed by atoms with Crippen molar-refractivity contribution in [2.24, 2.45) is 5.84 Å². The first-order chi connectivity index (χ1) is 8.52. The van der Waals surface area contributed by atoms with Gasteiger partial charge < -0.3 is 0 Å². The molecule has 2 rings (SSSR count). The normalized spacial score (nSPS) is 12.7. The second-order valence-corrected chi connectivity index (χ2v) is 5.54. The van der Waals surface area contributed by atoms with E-state index >= 15 is 0 Å². The Bertz CT molecular complexity index is 565. The van der Waals surface area contributed by atoms with Crippen molar-refractivity contribution in [3.05, 3.63) is 50.7 Å². The molecular formula is C13H16FN3S. The van der Waals surface area contributed by atoms with E-state index in [-0.39, 0.29) is 11.9 Å². The maximum atomic E-state index is 13.9. The standard InChI is InChI=1S/C13H16FN3S/c1-7-4-5-11(14)10(6-7)12(17-15)13-8(2)16-9(3)18-13/h4-6,12,17H,15H2,1-3H3. The van der Waals surface area contributed by atoms with Crippen LogP contribution in [0.1, 0.15) is 32.7 Å². The lowest BCUT2D eigenvalue weighted by Crippen LogP contribution is -2.29. The molecule has 2 aromatic rings. The van der Waals surface area contributed by atoms with Crippen LogP contribution in [0.3, 0.4) is 0 Å². The van der Waals surface area contributed by atoms with Gasteiger partial charge in [0.25, 0.3) is 0 Å². The molecule has 0 aliphatic rings. The number of thiazole rings is 1. The topological polar surface area (TPSA) is 50.9 Å². The van der Waals surface area contributed by atoms with Crippen LogP contribution in [0.4, 0.5) is 4.39 Å². The van der Waals surface area contributed by atoms with Crippen molar-refractivity contribution >= 4 is 11.3 Å². The van der Waals surface area contributed by atoms with Gasteiger partial charge in [-0.1, -0.05) is 17.7 Å². The molecule has 0 spiro atoms. The highest BCUT2D eigenvalue weighted by molar-refractivity contribution is 7.11. The highest BCUT2D eigenvalue weighted by atomic mass is 32.1. The lowest BCUT2D eigenvalue weighted by atomic mass is 10.0. The number of benzene rings is 1. The largest absolute Gasteiger partial charge is 0.271 e. The van der Waals surface area contributed by atoms with E-state index in [2.05, 4.69) is 10.4 Å². The number of nitrogens with zero attached hydrogens (tertiary/aromatic N) is 1. The zero-order valence-corrected chi connectivity index (χ0v) is 11.4. The van der Waals surface area contributed by atoms with E-state index < -0.39 is 0 Å². The summed E-state index contributed by atoms with van der Waals surface area (Å²) < 4.78 is 13.9. The summed E-state index contributed by atoms with van der Waals surface area (Å²) in [7, 11) is 0. The maximum absolute atomic E-state index is 13.9. The van der Waals surface area contributed by atoms with E-state index in [4.69, 9.17) is 5.84 Å². The van der Waals surface area contributed by atoms with Crippen molar-refractivity contribution < 1.29 is 4.39 Å². The van der Waals surface area contributed by atoms with Crippen LogP contribution in [-0.4, -0.2) is 4.98 Å². The quantitative estimate of drug-likeness (QED) is 0.663. The van der Waals surface area contributed by atoms with Crippen molar-refractivity contribution in [1.29, 1.82) is 0 Å². The minimum Gasteiger partial charge on any atom is -0.271 e. The zero-order valence-electron chi connectivity index (χ0n) is 10.6. The summed E-state index contributed by atoms with van der Waals surface area (Å²) in [5.74, 6) is 5.34. The first-order valence-electron chi connectivity index (χ1n) is 5.69. The van der Waals surface area contributed by atoms with Gasteiger partial charge in [-0.25, -0.2) is 14.8 Å². The van der Waals surface area contributed by atoms with Crippen LogP contribution >= 0.6 is 11.3 Å². The van der Waals surface area contributed by atoms with Crippen LogP contribution in [0.25, 0.3) is 0 Å². The molecule has 1 aromatic carbocycles. The minimum atomic E-state index is -0.351. The van der Waals surface area contributed by atoms with E-state index in [0.717, 1.165) is 21.1 Å². The van der Waals surface area contributed by atoms with Crippen LogP contribution in [0.2, 0.25) is 0 Å². The number of hydrogen-bond acceptors (Lipinski definition) is 4. The highest BCUT2D eigenvalue weighted by Gasteiger charge is 2.21. The van der Waals surface area contributed by atoms with Gasteiger partial charge in [0, 0.05) is 5.56 Å². The Balaban J connectivity index is 2.51. The summed E-state index contributed by atoms with van der Waals surface area (Å²) in [4.78, 5) is 5.32. The molecular weight excluding hydrogens is 249 g/mol. The second-order valence-electron chi connectivity index (χ2n) is 4.31. The van der Waals surface area contributed by atoms with E-state index in [1.165, 1.54) is 17.4 Å². The number of rotatable bonds is 3. The molecule has 18 heavy (non-hydrogen) atoms. The molecule has 1 aromatic heterocycles. The fraction of sp³-hybridized carbons (Fsp3) is 0.308. The molecule has 0 fully saturated rings. The number of hydrogen-bond donors (Lipinski definition) is 2. The summed E-state index contributed by atoms with van der Waals surface area (Å²) in [5.41, 5.74) is 5.14. The molecule has 1 atom stereocenters. The van der Waals surface area contributed by atoms with E-state index in [9.17, 15) is 4.39 Å². The molecule has 0 saturated heterocycles. The van der Waals surface area contributed by atoms with E-state index in [1.807, 2.05) is 26.8 Å². The first kappa shape index (κ1) is 13.1. The lowest BCUT2D eigenvalue weighted by molar-refractivity contribution is 0.562. The minimum absolute atomic E-state index is 0.256. The Morgan fingerprint density at radius 3 is 2.61 bits per heavy atom. The van der Waals surface area contributed by atoms with Gasteiger partial charge in [-0.15, -0.1) is 11.3 Å². The smallest absolute Gasteiger partial charge is 0.128 e. The molecule has 3 N–H and O–H groups in total. The van der Waals surface area contributed by atoms with Gasteiger partial charge in [-0.05, 0) is 26.8 Å². The summed E-state index contributed by atoms with van der Waals surface area (Å²) in [5, 5.41) is 0.954. The van der Waals surface area contributed by atoms with Crippen molar-refractivity contribution in [1.82, 2.24) is 10.4 Å². The second kappa shape index (κ2) is 5.14. The first-order valence-corrected chi connectivity index (χ1v) is 6.50. The molecule has 0 bridgehead atoms. The Kier molecular flexibility index (Phi) is 3.75. The molecule has 1 unspecified atom stereocenters. The fourth-order valence-corrected chi connectivity index (χ4v) is 3.01. The van der Waals surface area contributed by atoms with Gasteiger partial charge in [0.15, 0.2) is 0 Å². The van der Waals surface area contributed by atoms with Crippen molar-refractivity contribution in [3.63, 3.8) is 0 Å². The van der Waals surface area contributed by atoms with Gasteiger partial charge in [0.1, 0.15) is 5.82 Å². The fourth-order valence-electron chi connectivity index (χ4n) is 2.01. The van der Waals surface area contributed by atoms with Gasteiger partial charge in [0.05, 0.1) is 21.6 Å². The Morgan fingerprint density at radius 2 is 2.06 bits per heavy atom. The molecule has 3 nitrogen and oxygen atoms in total. The highest BCUT2D eigenvalue weighted by Crippen LogP contribution is 2.31. The number of hydrazine groups is 1. The Labute approximate surface area is 110 Å². The zero-order chi connectivity index (χ0) is 13.3. The van der Waals surface area contributed by atoms with Crippen LogP contribution < -0.4 is 11.3 Å². The molecule has 5 heteroatoms. The Hall–Kier alpha value is -1.30. The lowest BCUT2D eigenvalue weighted by Gasteiger charge is -2.16. The van der Waals surface area contributed by atoms with Gasteiger partial charge in [-0.2, -0.15) is 0 Å². The molecule has 1 heterocycles. The predicted molar refractivity (Wildman–Crippen MR) is 71.9 cm³/mol. The maximum Gasteiger partial charge on any atom is 0.128 e.